The van der Waals surface area contributed by atoms with Gasteiger partial charge in [0.15, 0.2) is 0 Å². The minimum atomic E-state index is -0.900. The van der Waals surface area contributed by atoms with E-state index in [9.17, 15) is 14.7 Å². The Hall–Kier alpha value is -1.50. The maximum atomic E-state index is 11.4. The molecule has 0 aromatic rings. The zero-order chi connectivity index (χ0) is 15.1. The van der Waals surface area contributed by atoms with Gasteiger partial charge in [0, 0.05) is 11.5 Å². The van der Waals surface area contributed by atoms with Crippen molar-refractivity contribution in [2.45, 2.75) is 46.3 Å². The summed E-state index contributed by atoms with van der Waals surface area (Å²) in [4.78, 5) is 22.0. The van der Waals surface area contributed by atoms with Gasteiger partial charge in [-0.05, 0) is 27.2 Å². The van der Waals surface area contributed by atoms with Crippen molar-refractivity contribution in [2.24, 2.45) is 11.1 Å². The lowest BCUT2D eigenvalue weighted by atomic mass is 9.86. The molecule has 0 aromatic carbocycles. The molecule has 0 radical (unpaired) electrons. The Labute approximate surface area is 113 Å². The summed E-state index contributed by atoms with van der Waals surface area (Å²) < 4.78 is 9.80. The van der Waals surface area contributed by atoms with E-state index >= 15 is 0 Å². The van der Waals surface area contributed by atoms with Crippen molar-refractivity contribution in [1.82, 2.24) is 5.32 Å². The van der Waals surface area contributed by atoms with Crippen molar-refractivity contribution in [3.63, 3.8) is 0 Å². The molecular formula is C12H24N2O5. The number of amides is 2. The normalized spacial score (nSPS) is 15.5. The second-order valence-electron chi connectivity index (χ2n) is 5.35. The van der Waals surface area contributed by atoms with Crippen molar-refractivity contribution < 1.29 is 24.2 Å². The number of rotatable bonds is 7. The van der Waals surface area contributed by atoms with Crippen LogP contribution < -0.4 is 11.1 Å². The third-order valence-electron chi connectivity index (χ3n) is 2.31. The van der Waals surface area contributed by atoms with Crippen LogP contribution in [0, 0.1) is 5.41 Å². The first-order valence-corrected chi connectivity index (χ1v) is 6.18. The molecule has 0 spiro atoms. The molecule has 4 N–H and O–H groups in total. The predicted octanol–water partition coefficient (Wildman–Crippen LogP) is 0.994. The molecule has 0 aromatic heterocycles. The van der Waals surface area contributed by atoms with Crippen LogP contribution in [0.3, 0.4) is 0 Å². The maximum Gasteiger partial charge on any atom is 0.407 e. The van der Waals surface area contributed by atoms with Crippen molar-refractivity contribution >= 4 is 12.2 Å². The highest BCUT2D eigenvalue weighted by Gasteiger charge is 2.30. The van der Waals surface area contributed by atoms with Gasteiger partial charge in [-0.1, -0.05) is 6.92 Å². The predicted molar refractivity (Wildman–Crippen MR) is 69.6 cm³/mol. The highest BCUT2D eigenvalue weighted by molar-refractivity contribution is 5.67. The summed E-state index contributed by atoms with van der Waals surface area (Å²) in [5.41, 5.74) is 4.23. The number of nitrogens with one attached hydrogen (secondary N) is 1. The van der Waals surface area contributed by atoms with E-state index in [1.165, 1.54) is 0 Å². The number of carbonyl (C=O) groups is 2. The molecule has 19 heavy (non-hydrogen) atoms. The molecule has 7 nitrogen and oxygen atoms in total. The largest absolute Gasteiger partial charge is 0.449 e. The first-order valence-electron chi connectivity index (χ1n) is 6.18. The van der Waals surface area contributed by atoms with Crippen LogP contribution in [-0.2, 0) is 9.47 Å². The monoisotopic (exact) mass is 276 g/mol. The standard InChI is InChI=1S/C12H24N2O5/c1-8(2)14-11(17)19-7-12(4,5-9(3)15)6-18-10(13)16/h8-9,15H,5-7H2,1-4H3,(H2,13,16)(H,14,17)/t9-,12+/m1/s1. The molecular weight excluding hydrogens is 252 g/mol. The van der Waals surface area contributed by atoms with Crippen molar-refractivity contribution in [1.29, 1.82) is 0 Å². The van der Waals surface area contributed by atoms with Crippen LogP contribution in [0.1, 0.15) is 34.1 Å². The van der Waals surface area contributed by atoms with Crippen LogP contribution >= 0.6 is 0 Å². The topological polar surface area (TPSA) is 111 Å². The molecule has 112 valence electrons. The molecule has 7 heteroatoms. The smallest absolute Gasteiger partial charge is 0.407 e. The van der Waals surface area contributed by atoms with Crippen LogP contribution in [0.2, 0.25) is 0 Å². The van der Waals surface area contributed by atoms with Gasteiger partial charge < -0.3 is 25.6 Å². The average Bonchev–Trinajstić information content (AvgIpc) is 2.22. The highest BCUT2D eigenvalue weighted by Crippen LogP contribution is 2.24. The molecule has 0 unspecified atom stereocenters. The van der Waals surface area contributed by atoms with Gasteiger partial charge in [-0.2, -0.15) is 0 Å². The third kappa shape index (κ3) is 9.12. The molecule has 0 heterocycles. The van der Waals surface area contributed by atoms with Crippen LogP contribution in [-0.4, -0.2) is 42.7 Å². The van der Waals surface area contributed by atoms with E-state index in [1.54, 1.807) is 13.8 Å². The summed E-state index contributed by atoms with van der Waals surface area (Å²) in [7, 11) is 0. The number of alkyl carbamates (subject to hydrolysis) is 1. The molecule has 0 fully saturated rings. The van der Waals surface area contributed by atoms with Gasteiger partial charge in [0.25, 0.3) is 0 Å². The fourth-order valence-corrected chi connectivity index (χ4v) is 1.64. The summed E-state index contributed by atoms with van der Waals surface area (Å²) in [6, 6.07) is -0.0302. The van der Waals surface area contributed by atoms with E-state index in [4.69, 9.17) is 15.2 Å². The number of nitrogens with two attached hydrogens (primary N) is 1. The Kier molecular flexibility index (Phi) is 7.21. The van der Waals surface area contributed by atoms with Crippen molar-refractivity contribution in [3.05, 3.63) is 0 Å². The summed E-state index contributed by atoms with van der Waals surface area (Å²) in [5, 5.41) is 12.0. The zero-order valence-electron chi connectivity index (χ0n) is 11.9. The first kappa shape index (κ1) is 17.5. The fourth-order valence-electron chi connectivity index (χ4n) is 1.64. The molecule has 0 aliphatic rings. The molecule has 2 amide bonds. The van der Waals surface area contributed by atoms with Crippen LogP contribution in [0.4, 0.5) is 9.59 Å². The summed E-state index contributed by atoms with van der Waals surface area (Å²) >= 11 is 0. The lowest BCUT2D eigenvalue weighted by Crippen LogP contribution is -2.38. The summed E-state index contributed by atoms with van der Waals surface area (Å²) in [6.07, 6.45) is -1.75. The molecule has 0 aliphatic heterocycles. The Bertz CT molecular complexity index is 306. The van der Waals surface area contributed by atoms with E-state index in [0.717, 1.165) is 0 Å². The van der Waals surface area contributed by atoms with E-state index in [-0.39, 0.29) is 19.3 Å². The van der Waals surface area contributed by atoms with Gasteiger partial charge in [0.2, 0.25) is 0 Å². The zero-order valence-corrected chi connectivity index (χ0v) is 11.9. The fraction of sp³-hybridized carbons (Fsp3) is 0.833. The van der Waals surface area contributed by atoms with Crippen molar-refractivity contribution in [2.75, 3.05) is 13.2 Å². The SMILES string of the molecule is CC(C)NC(=O)OC[C@](C)(COC(N)=O)C[C@@H](C)O. The first-order chi connectivity index (χ1) is 8.64. The molecule has 0 aliphatic carbocycles. The number of aliphatic hydroxyl groups is 1. The molecule has 0 rings (SSSR count). The van der Waals surface area contributed by atoms with E-state index in [0.29, 0.717) is 6.42 Å². The van der Waals surface area contributed by atoms with Gasteiger partial charge in [0.1, 0.15) is 13.2 Å². The third-order valence-corrected chi connectivity index (χ3v) is 2.31. The second-order valence-corrected chi connectivity index (χ2v) is 5.35. The number of primary amides is 1. The van der Waals surface area contributed by atoms with Crippen LogP contribution in [0.25, 0.3) is 0 Å². The van der Waals surface area contributed by atoms with E-state index in [2.05, 4.69) is 5.32 Å². The number of carbonyl (C=O) groups excluding carboxylic acids is 2. The Morgan fingerprint density at radius 1 is 1.26 bits per heavy atom. The Morgan fingerprint density at radius 2 is 1.79 bits per heavy atom. The second kappa shape index (κ2) is 7.83. The van der Waals surface area contributed by atoms with Crippen molar-refractivity contribution in [3.8, 4) is 0 Å². The molecule has 0 saturated heterocycles. The van der Waals surface area contributed by atoms with E-state index in [1.807, 2.05) is 13.8 Å². The van der Waals surface area contributed by atoms with Gasteiger partial charge >= 0.3 is 12.2 Å². The average molecular weight is 276 g/mol. The number of aliphatic hydroxyl groups excluding tert-OH is 1. The Balaban J connectivity index is 4.40. The number of hydrogen-bond donors (Lipinski definition) is 3. The van der Waals surface area contributed by atoms with Crippen LogP contribution in [0.5, 0.6) is 0 Å². The maximum absolute atomic E-state index is 11.4. The van der Waals surface area contributed by atoms with E-state index < -0.39 is 23.7 Å². The molecule has 0 bridgehead atoms. The van der Waals surface area contributed by atoms with Gasteiger partial charge in [-0.15, -0.1) is 0 Å². The molecule has 2 atom stereocenters. The quantitative estimate of drug-likeness (QED) is 0.642. The highest BCUT2D eigenvalue weighted by atomic mass is 16.6. The van der Waals surface area contributed by atoms with Gasteiger partial charge in [0.05, 0.1) is 6.10 Å². The lowest BCUT2D eigenvalue weighted by Gasteiger charge is -2.29. The summed E-state index contributed by atoms with van der Waals surface area (Å²) in [5.74, 6) is 0. The Morgan fingerprint density at radius 3 is 2.21 bits per heavy atom. The number of ether oxygens (including phenoxy) is 2. The van der Waals surface area contributed by atoms with Gasteiger partial charge in [-0.3, -0.25) is 0 Å². The lowest BCUT2D eigenvalue weighted by molar-refractivity contribution is 0.00790. The van der Waals surface area contributed by atoms with Crippen LogP contribution in [0.15, 0.2) is 0 Å². The van der Waals surface area contributed by atoms with Gasteiger partial charge in [-0.25, -0.2) is 9.59 Å². The summed E-state index contributed by atoms with van der Waals surface area (Å²) in [6.45, 7) is 6.97. The minimum absolute atomic E-state index is 0.0176. The number of hydrogen-bond acceptors (Lipinski definition) is 5. The minimum Gasteiger partial charge on any atom is -0.449 e. The molecule has 0 saturated carbocycles.